The number of hydrogen-bond acceptors (Lipinski definition) is 1. The molecule has 0 bridgehead atoms. The Kier molecular flexibility index (Phi) is 1.91. The topological polar surface area (TPSA) is 17.1 Å². The van der Waals surface area contributed by atoms with E-state index >= 15 is 0 Å². The first kappa shape index (κ1) is 8.51. The molecule has 0 aromatic rings. The van der Waals surface area contributed by atoms with E-state index in [4.69, 9.17) is 0 Å². The first-order valence-corrected chi connectivity index (χ1v) is 4.16. The third kappa shape index (κ3) is 1.37. The van der Waals surface area contributed by atoms with Crippen LogP contribution in [0.3, 0.4) is 0 Å². The summed E-state index contributed by atoms with van der Waals surface area (Å²) < 4.78 is 0. The van der Waals surface area contributed by atoms with Gasteiger partial charge in [-0.3, -0.25) is 4.79 Å². The molecule has 0 unspecified atom stereocenters. The molecule has 1 aliphatic rings. The highest BCUT2D eigenvalue weighted by molar-refractivity contribution is 5.94. The third-order valence-corrected chi connectivity index (χ3v) is 2.89. The maximum Gasteiger partial charge on any atom is 0.155 e. The maximum atomic E-state index is 11.1. The number of allylic oxidation sites excluding steroid dienone is 2. The first-order chi connectivity index (χ1) is 4.95. The molecule has 0 amide bonds. The molecule has 1 aliphatic carbocycles. The molecule has 0 fully saturated rings. The Morgan fingerprint density at radius 1 is 1.45 bits per heavy atom. The SMILES string of the molecule is CC(=O)C1=C(C)C(C)(C)CC1. The number of rotatable bonds is 1. The van der Waals surface area contributed by atoms with Crippen molar-refractivity contribution >= 4 is 5.78 Å². The van der Waals surface area contributed by atoms with Crippen LogP contribution in [0.4, 0.5) is 0 Å². The van der Waals surface area contributed by atoms with Crippen molar-refractivity contribution < 1.29 is 4.79 Å². The van der Waals surface area contributed by atoms with Crippen LogP contribution in [0.5, 0.6) is 0 Å². The second-order valence-corrected chi connectivity index (χ2v) is 4.04. The Hall–Kier alpha value is -0.590. The van der Waals surface area contributed by atoms with Gasteiger partial charge in [0.05, 0.1) is 0 Å². The van der Waals surface area contributed by atoms with Crippen molar-refractivity contribution in [1.82, 2.24) is 0 Å². The van der Waals surface area contributed by atoms with E-state index in [2.05, 4.69) is 20.8 Å². The second kappa shape index (κ2) is 2.47. The van der Waals surface area contributed by atoms with Crippen LogP contribution in [0.1, 0.15) is 40.5 Å². The average molecular weight is 152 g/mol. The van der Waals surface area contributed by atoms with Crippen molar-refractivity contribution in [3.63, 3.8) is 0 Å². The zero-order valence-corrected chi connectivity index (χ0v) is 7.82. The Morgan fingerprint density at radius 3 is 2.18 bits per heavy atom. The van der Waals surface area contributed by atoms with Crippen LogP contribution in [-0.2, 0) is 4.79 Å². The van der Waals surface area contributed by atoms with E-state index in [0.717, 1.165) is 18.4 Å². The van der Waals surface area contributed by atoms with Crippen LogP contribution in [-0.4, -0.2) is 5.78 Å². The minimum Gasteiger partial charge on any atom is -0.295 e. The van der Waals surface area contributed by atoms with E-state index in [1.165, 1.54) is 5.57 Å². The summed E-state index contributed by atoms with van der Waals surface area (Å²) >= 11 is 0. The average Bonchev–Trinajstić information content (AvgIpc) is 2.09. The number of hydrogen-bond donors (Lipinski definition) is 0. The van der Waals surface area contributed by atoms with Crippen molar-refractivity contribution in [2.75, 3.05) is 0 Å². The van der Waals surface area contributed by atoms with Crippen molar-refractivity contribution in [2.24, 2.45) is 5.41 Å². The Bertz CT molecular complexity index is 221. The van der Waals surface area contributed by atoms with E-state index in [0.29, 0.717) is 0 Å². The van der Waals surface area contributed by atoms with Gasteiger partial charge in [0.15, 0.2) is 5.78 Å². The fourth-order valence-electron chi connectivity index (χ4n) is 1.66. The third-order valence-electron chi connectivity index (χ3n) is 2.89. The molecule has 1 nitrogen and oxygen atoms in total. The smallest absolute Gasteiger partial charge is 0.155 e. The van der Waals surface area contributed by atoms with E-state index in [1.54, 1.807) is 6.92 Å². The molecule has 0 atom stereocenters. The van der Waals surface area contributed by atoms with E-state index in [1.807, 2.05) is 0 Å². The monoisotopic (exact) mass is 152 g/mol. The van der Waals surface area contributed by atoms with Crippen molar-refractivity contribution in [2.45, 2.75) is 40.5 Å². The molecular formula is C10H16O. The maximum absolute atomic E-state index is 11.1. The minimum atomic E-state index is 0.257. The van der Waals surface area contributed by atoms with E-state index in [-0.39, 0.29) is 11.2 Å². The summed E-state index contributed by atoms with van der Waals surface area (Å²) in [5.74, 6) is 0.257. The van der Waals surface area contributed by atoms with Gasteiger partial charge in [0.1, 0.15) is 0 Å². The Labute approximate surface area is 68.5 Å². The molecule has 0 saturated heterocycles. The summed E-state index contributed by atoms with van der Waals surface area (Å²) in [5, 5.41) is 0. The molecule has 0 saturated carbocycles. The van der Waals surface area contributed by atoms with Gasteiger partial charge in [0, 0.05) is 0 Å². The molecule has 0 heterocycles. The number of Topliss-reactive ketones (excluding diaryl/α,β-unsaturated/α-hetero) is 1. The van der Waals surface area contributed by atoms with Gasteiger partial charge in [-0.1, -0.05) is 19.4 Å². The first-order valence-electron chi connectivity index (χ1n) is 4.16. The molecule has 0 N–H and O–H groups in total. The van der Waals surface area contributed by atoms with Gasteiger partial charge in [-0.2, -0.15) is 0 Å². The largest absolute Gasteiger partial charge is 0.295 e. The van der Waals surface area contributed by atoms with Crippen LogP contribution in [0, 0.1) is 5.41 Å². The molecule has 0 aliphatic heterocycles. The highest BCUT2D eigenvalue weighted by Gasteiger charge is 2.30. The van der Waals surface area contributed by atoms with Crippen molar-refractivity contribution in [1.29, 1.82) is 0 Å². The van der Waals surface area contributed by atoms with Crippen molar-refractivity contribution in [3.8, 4) is 0 Å². The lowest BCUT2D eigenvalue weighted by molar-refractivity contribution is -0.113. The summed E-state index contributed by atoms with van der Waals surface area (Å²) in [7, 11) is 0. The van der Waals surface area contributed by atoms with Gasteiger partial charge in [-0.25, -0.2) is 0 Å². The molecule has 1 rings (SSSR count). The highest BCUT2D eigenvalue weighted by Crippen LogP contribution is 2.41. The molecule has 11 heavy (non-hydrogen) atoms. The predicted molar refractivity (Wildman–Crippen MR) is 46.4 cm³/mol. The number of carbonyl (C=O) groups is 1. The van der Waals surface area contributed by atoms with Crippen LogP contribution in [0.25, 0.3) is 0 Å². The van der Waals surface area contributed by atoms with Gasteiger partial charge in [0.2, 0.25) is 0 Å². The summed E-state index contributed by atoms with van der Waals surface area (Å²) in [6.07, 6.45) is 2.11. The lowest BCUT2D eigenvalue weighted by atomic mass is 9.86. The summed E-state index contributed by atoms with van der Waals surface area (Å²) in [5.41, 5.74) is 2.63. The zero-order chi connectivity index (χ0) is 8.65. The minimum absolute atomic E-state index is 0.257. The van der Waals surface area contributed by atoms with Gasteiger partial charge >= 0.3 is 0 Å². The lowest BCUT2D eigenvalue weighted by Gasteiger charge is -2.18. The Balaban J connectivity index is 2.99. The van der Waals surface area contributed by atoms with Crippen LogP contribution >= 0.6 is 0 Å². The summed E-state index contributed by atoms with van der Waals surface area (Å²) in [4.78, 5) is 11.1. The van der Waals surface area contributed by atoms with E-state index < -0.39 is 0 Å². The fourth-order valence-corrected chi connectivity index (χ4v) is 1.66. The normalized spacial score (nSPS) is 22.5. The quantitative estimate of drug-likeness (QED) is 0.564. The molecule has 62 valence electrons. The number of ketones is 1. The number of carbonyl (C=O) groups excluding carboxylic acids is 1. The Morgan fingerprint density at radius 2 is 2.00 bits per heavy atom. The van der Waals surface area contributed by atoms with Crippen LogP contribution in [0.2, 0.25) is 0 Å². The fraction of sp³-hybridized carbons (Fsp3) is 0.700. The highest BCUT2D eigenvalue weighted by atomic mass is 16.1. The molecule has 0 spiro atoms. The molecule has 0 radical (unpaired) electrons. The standard InChI is InChI=1S/C10H16O/c1-7-9(8(2)11)5-6-10(7,3)4/h5-6H2,1-4H3. The summed E-state index contributed by atoms with van der Waals surface area (Å²) in [6.45, 7) is 8.17. The second-order valence-electron chi connectivity index (χ2n) is 4.04. The van der Waals surface area contributed by atoms with Crippen LogP contribution in [0.15, 0.2) is 11.1 Å². The van der Waals surface area contributed by atoms with Gasteiger partial charge in [-0.15, -0.1) is 0 Å². The predicted octanol–water partition coefficient (Wildman–Crippen LogP) is 2.71. The van der Waals surface area contributed by atoms with Gasteiger partial charge in [0.25, 0.3) is 0 Å². The van der Waals surface area contributed by atoms with Gasteiger partial charge in [-0.05, 0) is 37.7 Å². The zero-order valence-electron chi connectivity index (χ0n) is 7.82. The molecule has 0 aromatic carbocycles. The van der Waals surface area contributed by atoms with Gasteiger partial charge < -0.3 is 0 Å². The van der Waals surface area contributed by atoms with Crippen LogP contribution < -0.4 is 0 Å². The lowest BCUT2D eigenvalue weighted by Crippen LogP contribution is -2.07. The molecule has 0 aromatic heterocycles. The molecule has 1 heteroatoms. The molecular weight excluding hydrogens is 136 g/mol. The van der Waals surface area contributed by atoms with Crippen molar-refractivity contribution in [3.05, 3.63) is 11.1 Å². The van der Waals surface area contributed by atoms with E-state index in [9.17, 15) is 4.79 Å². The summed E-state index contributed by atoms with van der Waals surface area (Å²) in [6, 6.07) is 0.